The van der Waals surface area contributed by atoms with E-state index < -0.39 is 12.5 Å². The number of alkyl halides is 2. The molecule has 26 heavy (non-hydrogen) atoms. The molecule has 0 aliphatic carbocycles. The van der Waals surface area contributed by atoms with Crippen LogP contribution >= 0.6 is 11.6 Å². The second kappa shape index (κ2) is 8.48. The highest BCUT2D eigenvalue weighted by Crippen LogP contribution is 2.30. The van der Waals surface area contributed by atoms with Crippen molar-refractivity contribution in [2.24, 2.45) is 0 Å². The number of amides is 2. The molecule has 0 spiro atoms. The van der Waals surface area contributed by atoms with E-state index in [1.54, 1.807) is 0 Å². The Morgan fingerprint density at radius 2 is 1.81 bits per heavy atom. The van der Waals surface area contributed by atoms with Crippen LogP contribution in [0.2, 0.25) is 5.02 Å². The van der Waals surface area contributed by atoms with E-state index >= 15 is 0 Å². The maximum atomic E-state index is 12.5. The van der Waals surface area contributed by atoms with Crippen LogP contribution < -0.4 is 20.1 Å². The number of anilines is 2. The molecule has 0 aliphatic rings. The highest BCUT2D eigenvalue weighted by molar-refractivity contribution is 6.33. The van der Waals surface area contributed by atoms with Crippen LogP contribution in [0.1, 0.15) is 17.3 Å². The van der Waals surface area contributed by atoms with Crippen molar-refractivity contribution < 1.29 is 27.8 Å². The smallest absolute Gasteiger partial charge is 0.387 e. The van der Waals surface area contributed by atoms with E-state index in [-0.39, 0.29) is 23.0 Å². The molecule has 2 amide bonds. The first kappa shape index (κ1) is 19.5. The molecule has 0 saturated heterocycles. The summed E-state index contributed by atoms with van der Waals surface area (Å²) in [7, 11) is 1.30. The molecule has 0 aliphatic heterocycles. The van der Waals surface area contributed by atoms with Crippen LogP contribution in [0, 0.1) is 0 Å². The SMILES string of the molecule is COc1ccc(C(=O)Nc2ccc(Cl)c(NC(C)=O)c2)cc1OC(F)F. The third-order valence-corrected chi connectivity index (χ3v) is 3.51. The van der Waals surface area contributed by atoms with Gasteiger partial charge in [0, 0.05) is 18.2 Å². The van der Waals surface area contributed by atoms with Gasteiger partial charge in [-0.3, -0.25) is 9.59 Å². The maximum Gasteiger partial charge on any atom is 0.387 e. The Labute approximate surface area is 153 Å². The summed E-state index contributed by atoms with van der Waals surface area (Å²) in [6, 6.07) is 8.40. The van der Waals surface area contributed by atoms with Gasteiger partial charge in [0.15, 0.2) is 11.5 Å². The lowest BCUT2D eigenvalue weighted by Gasteiger charge is -2.12. The van der Waals surface area contributed by atoms with Gasteiger partial charge in [0.05, 0.1) is 17.8 Å². The molecule has 138 valence electrons. The Bertz CT molecular complexity index is 830. The molecule has 0 atom stereocenters. The molecule has 0 bridgehead atoms. The Balaban J connectivity index is 2.23. The number of benzene rings is 2. The number of halogens is 3. The molecule has 2 aromatic rings. The van der Waals surface area contributed by atoms with Crippen LogP contribution in [0.4, 0.5) is 20.2 Å². The number of hydrogen-bond donors (Lipinski definition) is 2. The molecular weight excluding hydrogens is 370 g/mol. The molecule has 2 aromatic carbocycles. The Morgan fingerprint density at radius 1 is 1.08 bits per heavy atom. The third-order valence-electron chi connectivity index (χ3n) is 3.18. The first-order chi connectivity index (χ1) is 12.3. The van der Waals surface area contributed by atoms with Gasteiger partial charge >= 0.3 is 6.61 Å². The predicted molar refractivity (Wildman–Crippen MR) is 93.3 cm³/mol. The highest BCUT2D eigenvalue weighted by Gasteiger charge is 2.15. The average molecular weight is 385 g/mol. The van der Waals surface area contributed by atoms with Crippen molar-refractivity contribution in [2.75, 3.05) is 17.7 Å². The number of carbonyl (C=O) groups excluding carboxylic acids is 2. The quantitative estimate of drug-likeness (QED) is 0.784. The van der Waals surface area contributed by atoms with Crippen molar-refractivity contribution in [3.05, 3.63) is 47.0 Å². The van der Waals surface area contributed by atoms with Crippen molar-refractivity contribution in [1.82, 2.24) is 0 Å². The summed E-state index contributed by atoms with van der Waals surface area (Å²) in [5.41, 5.74) is 0.765. The monoisotopic (exact) mass is 384 g/mol. The molecule has 2 N–H and O–H groups in total. The molecule has 0 heterocycles. The fourth-order valence-corrected chi connectivity index (χ4v) is 2.26. The lowest BCUT2D eigenvalue weighted by Crippen LogP contribution is -2.13. The number of hydrogen-bond acceptors (Lipinski definition) is 4. The molecule has 0 fully saturated rings. The van der Waals surface area contributed by atoms with Crippen LogP contribution in [0.5, 0.6) is 11.5 Å². The Kier molecular flexibility index (Phi) is 6.35. The van der Waals surface area contributed by atoms with Crippen LogP contribution in [-0.4, -0.2) is 25.5 Å². The van der Waals surface area contributed by atoms with Gasteiger partial charge in [0.1, 0.15) is 0 Å². The summed E-state index contributed by atoms with van der Waals surface area (Å²) in [5.74, 6) is -1.08. The summed E-state index contributed by atoms with van der Waals surface area (Å²) in [4.78, 5) is 23.5. The van der Waals surface area contributed by atoms with E-state index in [0.717, 1.165) is 6.07 Å². The van der Waals surface area contributed by atoms with E-state index in [9.17, 15) is 18.4 Å². The number of nitrogens with one attached hydrogen (secondary N) is 2. The van der Waals surface area contributed by atoms with Gasteiger partial charge in [-0.15, -0.1) is 0 Å². The fourth-order valence-electron chi connectivity index (χ4n) is 2.10. The van der Waals surface area contributed by atoms with Crippen molar-refractivity contribution >= 4 is 34.8 Å². The first-order valence-electron chi connectivity index (χ1n) is 7.31. The summed E-state index contributed by atoms with van der Waals surface area (Å²) < 4.78 is 34.2. The predicted octanol–water partition coefficient (Wildman–Crippen LogP) is 4.16. The Morgan fingerprint density at radius 3 is 2.42 bits per heavy atom. The second-order valence-corrected chi connectivity index (χ2v) is 5.48. The minimum Gasteiger partial charge on any atom is -0.493 e. The van der Waals surface area contributed by atoms with Crippen LogP contribution in [-0.2, 0) is 4.79 Å². The second-order valence-electron chi connectivity index (χ2n) is 5.07. The van der Waals surface area contributed by atoms with E-state index in [1.165, 1.54) is 44.4 Å². The van der Waals surface area contributed by atoms with Crippen LogP contribution in [0.25, 0.3) is 0 Å². The van der Waals surface area contributed by atoms with Crippen molar-refractivity contribution in [3.63, 3.8) is 0 Å². The van der Waals surface area contributed by atoms with Gasteiger partial charge in [-0.05, 0) is 36.4 Å². The lowest BCUT2D eigenvalue weighted by molar-refractivity contribution is -0.114. The van der Waals surface area contributed by atoms with Crippen molar-refractivity contribution in [2.45, 2.75) is 13.5 Å². The molecule has 0 radical (unpaired) electrons. The minimum atomic E-state index is -3.06. The van der Waals surface area contributed by atoms with Gasteiger partial charge in [-0.1, -0.05) is 11.6 Å². The van der Waals surface area contributed by atoms with Gasteiger partial charge in [-0.2, -0.15) is 8.78 Å². The normalized spacial score (nSPS) is 10.4. The van der Waals surface area contributed by atoms with E-state index in [4.69, 9.17) is 16.3 Å². The number of ether oxygens (including phenoxy) is 2. The molecule has 9 heteroatoms. The lowest BCUT2D eigenvalue weighted by atomic mass is 10.1. The number of carbonyl (C=O) groups is 2. The zero-order chi connectivity index (χ0) is 19.3. The van der Waals surface area contributed by atoms with Gasteiger partial charge in [0.25, 0.3) is 5.91 Å². The summed E-state index contributed by atoms with van der Waals surface area (Å²) in [5, 5.41) is 5.42. The molecule has 0 unspecified atom stereocenters. The average Bonchev–Trinajstić information content (AvgIpc) is 2.56. The molecule has 0 aromatic heterocycles. The van der Waals surface area contributed by atoms with Gasteiger partial charge in [-0.25, -0.2) is 0 Å². The summed E-state index contributed by atoms with van der Waals surface area (Å²) >= 11 is 5.97. The largest absolute Gasteiger partial charge is 0.493 e. The van der Waals surface area contributed by atoms with E-state index in [2.05, 4.69) is 15.4 Å². The zero-order valence-corrected chi connectivity index (χ0v) is 14.6. The van der Waals surface area contributed by atoms with Crippen molar-refractivity contribution in [3.8, 4) is 11.5 Å². The molecule has 2 rings (SSSR count). The topological polar surface area (TPSA) is 76.7 Å². The summed E-state index contributed by atoms with van der Waals surface area (Å²) in [6.45, 7) is -1.73. The van der Waals surface area contributed by atoms with E-state index in [1.807, 2.05) is 0 Å². The van der Waals surface area contributed by atoms with Crippen LogP contribution in [0.3, 0.4) is 0 Å². The standard InChI is InChI=1S/C17H15ClF2N2O4/c1-9(23)21-13-8-11(4-5-12(13)18)22-16(24)10-3-6-14(25-2)15(7-10)26-17(19)20/h3-8,17H,1-2H3,(H,21,23)(H,22,24). The number of methoxy groups -OCH3 is 1. The zero-order valence-electron chi connectivity index (χ0n) is 13.8. The van der Waals surface area contributed by atoms with Crippen LogP contribution in [0.15, 0.2) is 36.4 Å². The maximum absolute atomic E-state index is 12.5. The highest BCUT2D eigenvalue weighted by atomic mass is 35.5. The molecule has 0 saturated carbocycles. The number of rotatable bonds is 6. The van der Waals surface area contributed by atoms with E-state index in [0.29, 0.717) is 16.4 Å². The van der Waals surface area contributed by atoms with Gasteiger partial charge in [0.2, 0.25) is 5.91 Å². The Hall–Kier alpha value is -2.87. The van der Waals surface area contributed by atoms with Gasteiger partial charge < -0.3 is 20.1 Å². The summed E-state index contributed by atoms with van der Waals surface area (Å²) in [6.07, 6.45) is 0. The fraction of sp³-hybridized carbons (Fsp3) is 0.176. The molecular formula is C17H15ClF2N2O4. The first-order valence-corrected chi connectivity index (χ1v) is 7.69. The minimum absolute atomic E-state index is 0.0706. The third kappa shape index (κ3) is 5.06. The molecule has 6 nitrogen and oxygen atoms in total. The van der Waals surface area contributed by atoms with Crippen molar-refractivity contribution in [1.29, 1.82) is 0 Å².